The number of rotatable bonds is 6. The summed E-state index contributed by atoms with van der Waals surface area (Å²) in [5.41, 5.74) is 1.79. The summed E-state index contributed by atoms with van der Waals surface area (Å²) in [4.78, 5) is 37.1. The fourth-order valence-corrected chi connectivity index (χ4v) is 3.61. The number of amides is 3. The molecule has 1 aromatic rings. The number of methoxy groups -OCH3 is 1. The van der Waals surface area contributed by atoms with Gasteiger partial charge in [-0.1, -0.05) is 30.3 Å². The Morgan fingerprint density at radius 1 is 1.27 bits per heavy atom. The van der Waals surface area contributed by atoms with E-state index >= 15 is 0 Å². The van der Waals surface area contributed by atoms with E-state index in [9.17, 15) is 23.2 Å². The molecule has 2 aliphatic heterocycles. The van der Waals surface area contributed by atoms with Crippen LogP contribution in [0.25, 0.3) is 0 Å². The minimum Gasteiger partial charge on any atom is -0.443 e. The Kier molecular flexibility index (Phi) is 6.52. The lowest BCUT2D eigenvalue weighted by Crippen LogP contribution is -2.64. The second-order valence-corrected chi connectivity index (χ2v) is 7.29. The Bertz CT molecular complexity index is 786. The smallest absolute Gasteiger partial charge is 0.407 e. The number of piperazine rings is 1. The topological polar surface area (TPSA) is 100 Å². The van der Waals surface area contributed by atoms with E-state index in [1.165, 1.54) is 7.11 Å². The number of hydrogen-bond acceptors (Lipinski definition) is 6. The van der Waals surface area contributed by atoms with Gasteiger partial charge in [0.25, 0.3) is 5.91 Å². The van der Waals surface area contributed by atoms with Crippen LogP contribution in [-0.2, 0) is 24.5 Å². The van der Waals surface area contributed by atoms with Gasteiger partial charge in [-0.2, -0.15) is 0 Å². The average molecular weight is 426 g/mol. The minimum absolute atomic E-state index is 0.106. The number of nitrogens with zero attached hydrogens (tertiary/aromatic N) is 2. The lowest BCUT2D eigenvalue weighted by Gasteiger charge is -2.41. The Hall–Kier alpha value is -2.79. The molecule has 0 saturated carbocycles. The molecule has 2 heterocycles. The van der Waals surface area contributed by atoms with Crippen LogP contribution in [0.2, 0.25) is 0 Å². The molecule has 3 amide bonds. The van der Waals surface area contributed by atoms with Gasteiger partial charge in [0.2, 0.25) is 5.91 Å². The number of ether oxygens (including phenoxy) is 2. The molecule has 0 bridgehead atoms. The molecule has 11 heteroatoms. The summed E-state index contributed by atoms with van der Waals surface area (Å²) in [6, 6.07) is 8.67. The van der Waals surface area contributed by atoms with E-state index in [2.05, 4.69) is 15.5 Å². The number of carbonyl (C=O) groups excluding carboxylic acids is 3. The van der Waals surface area contributed by atoms with Gasteiger partial charge in [0.05, 0.1) is 19.6 Å². The molecular weight excluding hydrogens is 402 g/mol. The summed E-state index contributed by atoms with van der Waals surface area (Å²) in [6.07, 6.45) is -5.40. The van der Waals surface area contributed by atoms with Crippen molar-refractivity contribution in [1.82, 2.24) is 20.7 Å². The zero-order valence-corrected chi connectivity index (χ0v) is 16.6. The maximum atomic E-state index is 14.5. The van der Waals surface area contributed by atoms with Crippen molar-refractivity contribution in [3.05, 3.63) is 35.9 Å². The average Bonchev–Trinajstić information content (AvgIpc) is 3.14. The molecule has 2 saturated heterocycles. The molecule has 9 nitrogen and oxygen atoms in total. The van der Waals surface area contributed by atoms with E-state index in [1.807, 2.05) is 0 Å². The summed E-state index contributed by atoms with van der Waals surface area (Å²) in [5, 5.41) is 3.60. The number of nitrogens with one attached hydrogen (secondary N) is 2. The van der Waals surface area contributed by atoms with Crippen LogP contribution in [0.1, 0.15) is 12.5 Å². The molecule has 164 valence electrons. The Morgan fingerprint density at radius 3 is 2.43 bits per heavy atom. The van der Waals surface area contributed by atoms with Crippen LogP contribution in [0.5, 0.6) is 0 Å². The lowest BCUT2D eigenvalue weighted by molar-refractivity contribution is -0.165. The zero-order chi connectivity index (χ0) is 21.9. The van der Waals surface area contributed by atoms with E-state index < -0.39 is 61.7 Å². The summed E-state index contributed by atoms with van der Waals surface area (Å²) in [5.74, 6) is -1.41. The van der Waals surface area contributed by atoms with Crippen LogP contribution >= 0.6 is 0 Å². The van der Waals surface area contributed by atoms with Crippen molar-refractivity contribution in [2.24, 2.45) is 0 Å². The number of hydrogen-bond donors (Lipinski definition) is 2. The van der Waals surface area contributed by atoms with Crippen LogP contribution < -0.4 is 10.7 Å². The highest BCUT2D eigenvalue weighted by Crippen LogP contribution is 2.32. The maximum absolute atomic E-state index is 14.5. The number of hydrazine groups is 1. The molecular formula is C19H24F2N4O5. The Morgan fingerprint density at radius 2 is 1.90 bits per heavy atom. The monoisotopic (exact) mass is 426 g/mol. The van der Waals surface area contributed by atoms with Crippen LogP contribution in [0.15, 0.2) is 30.3 Å². The number of carbonyl (C=O) groups is 3. The van der Waals surface area contributed by atoms with E-state index in [1.54, 1.807) is 37.3 Å². The molecule has 2 aliphatic rings. The van der Waals surface area contributed by atoms with E-state index in [-0.39, 0.29) is 6.54 Å². The predicted molar refractivity (Wildman–Crippen MR) is 100 cm³/mol. The molecule has 0 spiro atoms. The summed E-state index contributed by atoms with van der Waals surface area (Å²) >= 11 is 0. The number of halogens is 2. The fraction of sp³-hybridized carbons (Fsp3) is 0.526. The second-order valence-electron chi connectivity index (χ2n) is 7.29. The molecule has 1 aromatic carbocycles. The standard InChI is InChI=1S/C19H24F2N4O5/c1-19(12-6-4-3-5-7-12,13-8-22-18(28)30-13)17(27)23-24-9-14(20)25(15(21)10-24)16(26)11-29-2/h3-7,13-15H,8-11H2,1-2H3,(H,22,28)(H,23,27). The van der Waals surface area contributed by atoms with Gasteiger partial charge in [-0.05, 0) is 12.5 Å². The Labute approximate surface area is 172 Å². The first-order valence-electron chi connectivity index (χ1n) is 9.41. The third-order valence-corrected chi connectivity index (χ3v) is 5.33. The number of alkyl carbamates (subject to hydrolysis) is 1. The summed E-state index contributed by atoms with van der Waals surface area (Å²) < 4.78 is 38.9. The zero-order valence-electron chi connectivity index (χ0n) is 16.6. The van der Waals surface area contributed by atoms with Crippen molar-refractivity contribution >= 4 is 17.9 Å². The highest BCUT2D eigenvalue weighted by Gasteiger charge is 2.49. The largest absolute Gasteiger partial charge is 0.443 e. The molecule has 0 radical (unpaired) electrons. The second kappa shape index (κ2) is 8.92. The minimum atomic E-state index is -1.97. The van der Waals surface area contributed by atoms with Crippen molar-refractivity contribution in [1.29, 1.82) is 0 Å². The van der Waals surface area contributed by atoms with E-state index in [0.717, 1.165) is 5.01 Å². The van der Waals surface area contributed by atoms with Gasteiger partial charge in [-0.3, -0.25) is 19.9 Å². The van der Waals surface area contributed by atoms with Crippen molar-refractivity contribution in [2.45, 2.75) is 31.0 Å². The highest BCUT2D eigenvalue weighted by molar-refractivity contribution is 5.89. The van der Waals surface area contributed by atoms with Gasteiger partial charge in [-0.15, -0.1) is 0 Å². The van der Waals surface area contributed by atoms with Crippen molar-refractivity contribution in [3.63, 3.8) is 0 Å². The molecule has 0 aliphatic carbocycles. The van der Waals surface area contributed by atoms with Crippen LogP contribution in [0.4, 0.5) is 13.6 Å². The highest BCUT2D eigenvalue weighted by atomic mass is 19.2. The van der Waals surface area contributed by atoms with Gasteiger partial charge in [0.1, 0.15) is 18.1 Å². The van der Waals surface area contributed by atoms with Gasteiger partial charge < -0.3 is 14.8 Å². The van der Waals surface area contributed by atoms with Gasteiger partial charge in [0, 0.05) is 7.11 Å². The molecule has 2 N–H and O–H groups in total. The van der Waals surface area contributed by atoms with E-state index in [4.69, 9.17) is 4.74 Å². The van der Waals surface area contributed by atoms with Gasteiger partial charge in [-0.25, -0.2) is 18.6 Å². The number of alkyl halides is 2. The number of cyclic esters (lactones) is 1. The first-order valence-corrected chi connectivity index (χ1v) is 9.41. The van der Waals surface area contributed by atoms with E-state index in [0.29, 0.717) is 10.5 Å². The van der Waals surface area contributed by atoms with Gasteiger partial charge in [0.15, 0.2) is 12.6 Å². The SMILES string of the molecule is COCC(=O)N1C(F)CN(NC(=O)C(C)(c2ccccc2)C2CNC(=O)O2)CC1F. The molecule has 3 rings (SSSR count). The van der Waals surface area contributed by atoms with Crippen molar-refractivity contribution in [2.75, 3.05) is 33.4 Å². The van der Waals surface area contributed by atoms with Crippen LogP contribution in [0.3, 0.4) is 0 Å². The normalized spacial score (nSPS) is 26.5. The molecule has 2 fully saturated rings. The summed E-state index contributed by atoms with van der Waals surface area (Å²) in [7, 11) is 1.25. The quantitative estimate of drug-likeness (QED) is 0.642. The first-order chi connectivity index (χ1) is 14.3. The van der Waals surface area contributed by atoms with Crippen LogP contribution in [-0.4, -0.2) is 79.9 Å². The van der Waals surface area contributed by atoms with Crippen molar-refractivity contribution in [3.8, 4) is 0 Å². The molecule has 4 unspecified atom stereocenters. The third-order valence-electron chi connectivity index (χ3n) is 5.33. The lowest BCUT2D eigenvalue weighted by atomic mass is 9.76. The molecule has 30 heavy (non-hydrogen) atoms. The predicted octanol–water partition coefficient (Wildman–Crippen LogP) is 0.466. The molecule has 4 atom stereocenters. The third kappa shape index (κ3) is 4.21. The summed E-state index contributed by atoms with van der Waals surface area (Å²) in [6.45, 7) is 0.416. The van der Waals surface area contributed by atoms with Gasteiger partial charge >= 0.3 is 6.09 Å². The Balaban J connectivity index is 1.77. The van der Waals surface area contributed by atoms with Crippen LogP contribution in [0, 0.1) is 0 Å². The first kappa shape index (κ1) is 21.9. The maximum Gasteiger partial charge on any atom is 0.407 e. The molecule has 0 aromatic heterocycles. The van der Waals surface area contributed by atoms with Crippen molar-refractivity contribution < 1.29 is 32.6 Å². The number of benzene rings is 1. The fourth-order valence-electron chi connectivity index (χ4n) is 3.61.